The Morgan fingerprint density at radius 3 is 2.67 bits per heavy atom. The largest absolute Gasteiger partial charge is 0.444 e. The monoisotopic (exact) mass is 430 g/mol. The lowest BCUT2D eigenvalue weighted by molar-refractivity contribution is 0.0163. The lowest BCUT2D eigenvalue weighted by Gasteiger charge is -2.35. The first-order valence-electron chi connectivity index (χ1n) is 9.95. The molecule has 2 N–H and O–H groups in total. The highest BCUT2D eigenvalue weighted by Crippen LogP contribution is 2.29. The summed E-state index contributed by atoms with van der Waals surface area (Å²) in [5.74, 6) is 6.67. The second-order valence-corrected chi connectivity index (χ2v) is 8.86. The maximum atomic E-state index is 12.2. The van der Waals surface area contributed by atoms with Crippen LogP contribution < -0.4 is 5.73 Å². The Hall–Kier alpha value is -2.79. The summed E-state index contributed by atoms with van der Waals surface area (Å²) in [6.45, 7) is 9.16. The highest BCUT2D eigenvalue weighted by atomic mass is 35.5. The first kappa shape index (κ1) is 21.9. The Kier molecular flexibility index (Phi) is 6.52. The fraction of sp³-hybridized carbons (Fsp3) is 0.524. The average molecular weight is 431 g/mol. The summed E-state index contributed by atoms with van der Waals surface area (Å²) < 4.78 is 7.40. The molecule has 0 aromatic carbocycles. The number of nitrogens with zero attached hydrogens (tertiary/aromatic N) is 5. The Morgan fingerprint density at radius 1 is 1.30 bits per heavy atom. The van der Waals surface area contributed by atoms with E-state index < -0.39 is 5.60 Å². The van der Waals surface area contributed by atoms with Crippen molar-refractivity contribution >= 4 is 23.5 Å². The second kappa shape index (κ2) is 8.92. The van der Waals surface area contributed by atoms with E-state index in [0.717, 1.165) is 18.4 Å². The highest BCUT2D eigenvalue weighted by molar-refractivity contribution is 6.29. The van der Waals surface area contributed by atoms with Gasteiger partial charge in [-0.3, -0.25) is 4.68 Å². The van der Waals surface area contributed by atoms with Crippen molar-refractivity contribution < 1.29 is 9.53 Å². The lowest BCUT2D eigenvalue weighted by Crippen LogP contribution is -2.42. The maximum Gasteiger partial charge on any atom is 0.410 e. The molecule has 0 aliphatic carbocycles. The molecule has 3 heterocycles. The molecule has 0 radical (unpaired) electrons. The summed E-state index contributed by atoms with van der Waals surface area (Å²) in [7, 11) is 0. The zero-order valence-electron chi connectivity index (χ0n) is 17.7. The summed E-state index contributed by atoms with van der Waals surface area (Å²) in [6.07, 6.45) is 5.21. The molecule has 0 bridgehead atoms. The van der Waals surface area contributed by atoms with E-state index in [1.165, 1.54) is 0 Å². The van der Waals surface area contributed by atoms with Crippen molar-refractivity contribution in [2.24, 2.45) is 5.92 Å². The van der Waals surface area contributed by atoms with Crippen molar-refractivity contribution in [3.8, 4) is 11.8 Å². The van der Waals surface area contributed by atoms with Crippen molar-refractivity contribution in [3.63, 3.8) is 0 Å². The molecule has 1 unspecified atom stereocenters. The third kappa shape index (κ3) is 5.63. The van der Waals surface area contributed by atoms with Gasteiger partial charge in [0.15, 0.2) is 11.0 Å². The van der Waals surface area contributed by atoms with Gasteiger partial charge >= 0.3 is 6.09 Å². The van der Waals surface area contributed by atoms with Gasteiger partial charge in [0.05, 0.1) is 23.4 Å². The first-order valence-corrected chi connectivity index (χ1v) is 10.3. The third-order valence-corrected chi connectivity index (χ3v) is 5.21. The number of amides is 1. The fourth-order valence-corrected chi connectivity index (χ4v) is 3.50. The molecule has 1 aliphatic rings. The van der Waals surface area contributed by atoms with Gasteiger partial charge in [-0.25, -0.2) is 4.79 Å². The summed E-state index contributed by atoms with van der Waals surface area (Å²) in [5, 5.41) is 12.2. The summed E-state index contributed by atoms with van der Waals surface area (Å²) in [6, 6.07) is 1.78. The molecule has 2 aromatic heterocycles. The summed E-state index contributed by atoms with van der Waals surface area (Å²) in [4.78, 5) is 14.0. The highest BCUT2D eigenvalue weighted by Gasteiger charge is 2.29. The number of halogens is 1. The van der Waals surface area contributed by atoms with Crippen molar-refractivity contribution in [2.75, 3.05) is 18.8 Å². The van der Waals surface area contributed by atoms with Crippen LogP contribution in [0.4, 0.5) is 10.6 Å². The number of hydrogen-bond acceptors (Lipinski definition) is 6. The molecular weight excluding hydrogens is 404 g/mol. The molecule has 0 spiro atoms. The van der Waals surface area contributed by atoms with Crippen LogP contribution in [0.2, 0.25) is 5.15 Å². The van der Waals surface area contributed by atoms with Gasteiger partial charge in [-0.05, 0) is 52.5 Å². The van der Waals surface area contributed by atoms with Crippen molar-refractivity contribution in [3.05, 3.63) is 34.7 Å². The number of ether oxygens (including phenoxy) is 1. The number of nitrogens with two attached hydrogens (primary N) is 1. The zero-order valence-corrected chi connectivity index (χ0v) is 18.5. The van der Waals surface area contributed by atoms with E-state index in [9.17, 15) is 4.79 Å². The van der Waals surface area contributed by atoms with Crippen LogP contribution in [0.5, 0.6) is 0 Å². The Labute approximate surface area is 181 Å². The maximum absolute atomic E-state index is 12.2. The van der Waals surface area contributed by atoms with Gasteiger partial charge < -0.3 is 15.4 Å². The number of hydrogen-bond donors (Lipinski definition) is 1. The number of carbonyl (C=O) groups is 1. The molecule has 1 amide bonds. The Balaban J connectivity index is 1.60. The number of anilines is 1. The number of carbonyl (C=O) groups excluding carboxylic acids is 1. The molecule has 1 aliphatic heterocycles. The molecular formula is C21H27ClN6O2. The van der Waals surface area contributed by atoms with E-state index in [2.05, 4.69) is 34.1 Å². The Bertz CT molecular complexity index is 964. The molecule has 2 aromatic rings. The van der Waals surface area contributed by atoms with Gasteiger partial charge in [0.2, 0.25) is 0 Å². The summed E-state index contributed by atoms with van der Waals surface area (Å²) >= 11 is 5.85. The quantitative estimate of drug-likeness (QED) is 0.732. The minimum absolute atomic E-state index is 0.198. The SMILES string of the molecule is CC(C1CCN(C(=O)OC(C)(C)C)CC1)n1cc(C#Cc2cc(Cl)nnc2N)cn1. The van der Waals surface area contributed by atoms with Crippen molar-refractivity contribution in [1.29, 1.82) is 0 Å². The van der Waals surface area contributed by atoms with Gasteiger partial charge in [0.25, 0.3) is 0 Å². The zero-order chi connectivity index (χ0) is 21.9. The Morgan fingerprint density at radius 2 is 2.00 bits per heavy atom. The predicted octanol–water partition coefficient (Wildman–Crippen LogP) is 3.52. The van der Waals surface area contributed by atoms with Crippen LogP contribution in [0.3, 0.4) is 0 Å². The van der Waals surface area contributed by atoms with Crippen molar-refractivity contribution in [1.82, 2.24) is 24.9 Å². The smallest absolute Gasteiger partial charge is 0.410 e. The molecule has 160 valence electrons. The predicted molar refractivity (Wildman–Crippen MR) is 115 cm³/mol. The minimum Gasteiger partial charge on any atom is -0.444 e. The van der Waals surface area contributed by atoms with Crippen LogP contribution in [0.1, 0.15) is 57.7 Å². The van der Waals surface area contributed by atoms with Crippen LogP contribution >= 0.6 is 11.6 Å². The number of aromatic nitrogens is 4. The second-order valence-electron chi connectivity index (χ2n) is 8.47. The number of piperidine rings is 1. The molecule has 9 heteroatoms. The van der Waals surface area contributed by atoms with Crippen molar-refractivity contribution in [2.45, 2.75) is 52.2 Å². The van der Waals surface area contributed by atoms with Gasteiger partial charge in [0, 0.05) is 19.3 Å². The average Bonchev–Trinajstić information content (AvgIpc) is 3.16. The van der Waals surface area contributed by atoms with E-state index in [1.807, 2.05) is 31.6 Å². The summed E-state index contributed by atoms with van der Waals surface area (Å²) in [5.41, 5.74) is 6.61. The fourth-order valence-electron chi connectivity index (χ4n) is 3.35. The van der Waals surface area contributed by atoms with E-state index in [4.69, 9.17) is 22.1 Å². The van der Waals surface area contributed by atoms with Gasteiger partial charge in [0.1, 0.15) is 5.60 Å². The molecule has 8 nitrogen and oxygen atoms in total. The molecule has 30 heavy (non-hydrogen) atoms. The first-order chi connectivity index (χ1) is 14.1. The molecule has 0 saturated carbocycles. The van der Waals surface area contributed by atoms with Crippen LogP contribution in [0.15, 0.2) is 18.5 Å². The molecule has 1 fully saturated rings. The standard InChI is InChI=1S/C21H27ClN6O2/c1-14(16-7-9-27(10-8-16)20(29)30-21(2,3)4)28-13-15(12-24-28)5-6-17-11-18(22)25-26-19(17)23/h11-14,16H,7-10H2,1-4H3,(H2,23,26). The number of nitrogen functional groups attached to an aromatic ring is 1. The van der Waals surface area contributed by atoms with Crippen LogP contribution in [0, 0.1) is 17.8 Å². The third-order valence-electron chi connectivity index (χ3n) is 5.03. The van der Waals surface area contributed by atoms with E-state index in [1.54, 1.807) is 17.2 Å². The number of rotatable bonds is 2. The van der Waals surface area contributed by atoms with Crippen LogP contribution in [-0.4, -0.2) is 49.7 Å². The van der Waals surface area contributed by atoms with E-state index in [0.29, 0.717) is 24.6 Å². The topological polar surface area (TPSA) is 99.2 Å². The minimum atomic E-state index is -0.476. The van der Waals surface area contributed by atoms with Gasteiger partial charge in [-0.2, -0.15) is 5.10 Å². The molecule has 1 atom stereocenters. The lowest BCUT2D eigenvalue weighted by atomic mass is 9.90. The number of likely N-dealkylation sites (tertiary alicyclic amines) is 1. The molecule has 3 rings (SSSR count). The molecule has 1 saturated heterocycles. The van der Waals surface area contributed by atoms with Gasteiger partial charge in [-0.15, -0.1) is 10.2 Å². The van der Waals surface area contributed by atoms with E-state index in [-0.39, 0.29) is 23.1 Å². The van der Waals surface area contributed by atoms with Crippen LogP contribution in [0.25, 0.3) is 0 Å². The van der Waals surface area contributed by atoms with Crippen LogP contribution in [-0.2, 0) is 4.74 Å². The van der Waals surface area contributed by atoms with E-state index >= 15 is 0 Å². The normalized spacial score (nSPS) is 16.0. The van der Waals surface area contributed by atoms with Gasteiger partial charge in [-0.1, -0.05) is 23.4 Å².